The summed E-state index contributed by atoms with van der Waals surface area (Å²) in [6, 6.07) is 23.2. The van der Waals surface area contributed by atoms with Crippen LogP contribution >= 0.6 is 0 Å². The molecule has 0 spiro atoms. The third kappa shape index (κ3) is 14.8. The van der Waals surface area contributed by atoms with Crippen molar-refractivity contribution in [3.63, 3.8) is 0 Å². The summed E-state index contributed by atoms with van der Waals surface area (Å²) in [5.74, 6) is 0. The van der Waals surface area contributed by atoms with Crippen molar-refractivity contribution < 1.29 is 96.3 Å². The predicted octanol–water partition coefficient (Wildman–Crippen LogP) is -6.46. The fraction of sp³-hybridized carbons (Fsp3) is 0. The first-order valence-corrected chi connectivity index (χ1v) is 9.43. The average Bonchev–Trinajstić information content (AvgIpc) is 2.76. The van der Waals surface area contributed by atoms with Crippen molar-refractivity contribution in [2.24, 2.45) is 0 Å². The Morgan fingerprint density at radius 3 is 0.750 bits per heavy atom. The molecule has 12 heteroatoms. The summed E-state index contributed by atoms with van der Waals surface area (Å²) in [7, 11) is -4.94. The number of hydrogen-bond donors (Lipinski definition) is 0. The summed E-state index contributed by atoms with van der Waals surface area (Å²) in [5, 5.41) is 0. The van der Waals surface area contributed by atoms with E-state index in [2.05, 4.69) is 19.9 Å². The van der Waals surface area contributed by atoms with Gasteiger partial charge in [0.2, 0.25) is 0 Å². The van der Waals surface area contributed by atoms with Gasteiger partial charge >= 0.3 is 19.5 Å². The summed E-state index contributed by atoms with van der Waals surface area (Å²) in [6.07, 6.45) is 7.07. The summed E-state index contributed by atoms with van der Waals surface area (Å²) in [4.78, 5) is 16.7. The number of pyridine rings is 4. The van der Waals surface area contributed by atoms with Gasteiger partial charge in [0.1, 0.15) is 0 Å². The molecule has 0 amide bonds. The summed E-state index contributed by atoms with van der Waals surface area (Å²) in [5.41, 5.74) is 3.66. The van der Waals surface area contributed by atoms with Crippen LogP contribution in [0.5, 0.6) is 0 Å². The monoisotopic (exact) mass is 768 g/mol. The molecule has 0 aliphatic heterocycles. The first kappa shape index (κ1) is 33.0. The number of nitrogens with zero attached hydrogens (tertiary/aromatic N) is 4. The summed E-state index contributed by atoms with van der Waals surface area (Å²) >= 11 is 0. The van der Waals surface area contributed by atoms with Gasteiger partial charge in [0.25, 0.3) is 0 Å². The fourth-order valence-electron chi connectivity index (χ4n) is 2.06. The Kier molecular flexibility index (Phi) is 18.8. The van der Waals surface area contributed by atoms with Gasteiger partial charge in [-0.05, 0) is 48.5 Å². The van der Waals surface area contributed by atoms with Crippen LogP contribution in [0.3, 0.4) is 0 Å². The third-order valence-electron chi connectivity index (χ3n) is 3.18. The second-order valence-corrected chi connectivity index (χ2v) is 5.99. The van der Waals surface area contributed by atoms with Gasteiger partial charge in [-0.2, -0.15) is 0 Å². The Balaban J connectivity index is 0. The van der Waals surface area contributed by atoms with Crippen LogP contribution in [-0.2, 0) is 19.5 Å². The second-order valence-electron chi connectivity index (χ2n) is 5.24. The zero-order chi connectivity index (χ0) is 21.0. The minimum atomic E-state index is -4.94. The molecule has 0 fully saturated rings. The van der Waals surface area contributed by atoms with E-state index in [1.807, 2.05) is 72.8 Å². The van der Waals surface area contributed by atoms with E-state index in [1.54, 1.807) is 24.8 Å². The van der Waals surface area contributed by atoms with Crippen LogP contribution in [0.2, 0.25) is 0 Å². The van der Waals surface area contributed by atoms with Crippen molar-refractivity contribution in [1.82, 2.24) is 19.9 Å². The van der Waals surface area contributed by atoms with Crippen LogP contribution in [0.1, 0.15) is 0 Å². The predicted molar refractivity (Wildman–Crippen MR) is 94.9 cm³/mol. The molecule has 4 heterocycles. The average molecular weight is 769 g/mol. The minimum absolute atomic E-state index is 0. The van der Waals surface area contributed by atoms with Gasteiger partial charge in [-0.3, -0.25) is 19.9 Å². The second kappa shape index (κ2) is 18.3. The molecule has 4 rings (SSSR count). The van der Waals surface area contributed by atoms with Gasteiger partial charge in [-0.25, -0.2) is 18.6 Å². The fourth-order valence-corrected chi connectivity index (χ4v) is 2.06. The van der Waals surface area contributed by atoms with Crippen LogP contribution < -0.4 is 66.6 Å². The number of halogens is 3. The molecule has 0 saturated carbocycles. The quantitative estimate of drug-likeness (QED) is 0.145. The number of aromatic nitrogens is 4. The van der Waals surface area contributed by atoms with Gasteiger partial charge < -0.3 is 48.0 Å². The van der Waals surface area contributed by atoms with Gasteiger partial charge in [-0.15, -0.1) is 10.2 Å². The Hall–Kier alpha value is -1.19. The first-order chi connectivity index (χ1) is 13.9. The summed E-state index contributed by atoms with van der Waals surface area (Å²) in [6.45, 7) is 0. The molecule has 0 unspecified atom stereocenters. The molecule has 0 bridgehead atoms. The largest absolute Gasteiger partial charge is 3.00 e. The van der Waals surface area contributed by atoms with E-state index >= 15 is 0 Å². The van der Waals surface area contributed by atoms with Crippen molar-refractivity contribution in [3.8, 4) is 22.8 Å². The zero-order valence-corrected chi connectivity index (χ0v) is 22.8. The van der Waals surface area contributed by atoms with Crippen molar-refractivity contribution in [2.75, 3.05) is 0 Å². The standard InChI is InChI=1S/2C10H8N2.ClHO4.2HI.Rh/c2*1-3-7-11-9(5-1)10-6-2-4-8-12-10;2-1(3,4)5;;;/h2*1-8H;(H,2,3,4,5);2*1H;/q;;;;;+3/p-3. The smallest absolute Gasteiger partial charge is 1.00 e. The molecular weight excluding hydrogens is 752 g/mol. The minimum Gasteiger partial charge on any atom is -1.00 e. The van der Waals surface area contributed by atoms with Crippen LogP contribution in [0.4, 0.5) is 0 Å². The van der Waals surface area contributed by atoms with Crippen LogP contribution in [0.25, 0.3) is 22.8 Å². The molecule has 32 heavy (non-hydrogen) atoms. The topological polar surface area (TPSA) is 144 Å². The number of hydrogen-bond acceptors (Lipinski definition) is 8. The van der Waals surface area contributed by atoms with Crippen molar-refractivity contribution in [3.05, 3.63) is 97.6 Å². The number of rotatable bonds is 2. The van der Waals surface area contributed by atoms with E-state index in [0.717, 1.165) is 22.8 Å². The van der Waals surface area contributed by atoms with Crippen molar-refractivity contribution >= 4 is 0 Å². The molecule has 4 aromatic rings. The Morgan fingerprint density at radius 1 is 0.438 bits per heavy atom. The zero-order valence-electron chi connectivity index (χ0n) is 16.1. The van der Waals surface area contributed by atoms with E-state index in [4.69, 9.17) is 18.6 Å². The molecule has 0 aliphatic carbocycles. The van der Waals surface area contributed by atoms with E-state index in [9.17, 15) is 0 Å². The molecule has 8 nitrogen and oxygen atoms in total. The molecular formula is C20H16ClI2N4O4Rh. The van der Waals surface area contributed by atoms with Gasteiger partial charge in [0, 0.05) is 24.8 Å². The first-order valence-electron chi connectivity index (χ1n) is 8.20. The van der Waals surface area contributed by atoms with Crippen LogP contribution in [0.15, 0.2) is 97.6 Å². The Morgan fingerprint density at radius 2 is 0.625 bits per heavy atom. The molecule has 0 aromatic carbocycles. The van der Waals surface area contributed by atoms with E-state index < -0.39 is 10.2 Å². The van der Waals surface area contributed by atoms with Crippen LogP contribution in [-0.4, -0.2) is 19.9 Å². The van der Waals surface area contributed by atoms with Crippen LogP contribution in [0, 0.1) is 10.2 Å². The van der Waals surface area contributed by atoms with Gasteiger partial charge in [0.05, 0.1) is 22.8 Å². The third-order valence-corrected chi connectivity index (χ3v) is 3.18. The van der Waals surface area contributed by atoms with Gasteiger partial charge in [-0.1, -0.05) is 24.3 Å². The van der Waals surface area contributed by atoms with E-state index in [0.29, 0.717) is 0 Å². The maximum Gasteiger partial charge on any atom is 3.00 e. The molecule has 0 aliphatic rings. The molecule has 0 saturated heterocycles. The van der Waals surface area contributed by atoms with Gasteiger partial charge in [0.15, 0.2) is 0 Å². The molecule has 0 radical (unpaired) electrons. The van der Waals surface area contributed by atoms with E-state index in [1.165, 1.54) is 0 Å². The SMILES string of the molecule is [I-].[I-].[O-][Cl+3]([O-])([O-])[O-].[Rh+3].c1ccc(-c2ccccn2)nc1.c1ccc(-c2ccccn2)nc1. The molecule has 0 N–H and O–H groups in total. The normalized spacial score (nSPS) is 9.12. The molecule has 4 aromatic heterocycles. The maximum atomic E-state index is 8.49. The van der Waals surface area contributed by atoms with Crippen molar-refractivity contribution in [1.29, 1.82) is 0 Å². The Labute approximate surface area is 234 Å². The molecule has 0 atom stereocenters. The Bertz CT molecular complexity index is 803. The maximum absolute atomic E-state index is 8.49. The van der Waals surface area contributed by atoms with E-state index in [-0.39, 0.29) is 67.4 Å². The van der Waals surface area contributed by atoms with Crippen molar-refractivity contribution in [2.45, 2.75) is 0 Å². The summed E-state index contributed by atoms with van der Waals surface area (Å²) < 4.78 is 34.0. The molecule has 170 valence electrons.